The standard InChI is InChI=1S/C15H23FN2O/c1-15(2,3)14(18-8-6-17-7-9-18)12-5-4-11(19)10-13(12)16/h4-5,10,14,17,19H,6-9H2,1-3H3/t14-/m1/s1. The van der Waals surface area contributed by atoms with Gasteiger partial charge < -0.3 is 10.4 Å². The summed E-state index contributed by atoms with van der Waals surface area (Å²) < 4.78 is 14.2. The van der Waals surface area contributed by atoms with Crippen LogP contribution in [0.5, 0.6) is 5.75 Å². The fourth-order valence-electron chi connectivity index (χ4n) is 2.89. The molecule has 2 rings (SSSR count). The molecule has 106 valence electrons. The summed E-state index contributed by atoms with van der Waals surface area (Å²) in [7, 11) is 0. The van der Waals surface area contributed by atoms with Gasteiger partial charge in [0.2, 0.25) is 0 Å². The molecule has 0 radical (unpaired) electrons. The molecule has 1 atom stereocenters. The van der Waals surface area contributed by atoms with Crippen LogP contribution >= 0.6 is 0 Å². The van der Waals surface area contributed by atoms with Gasteiger partial charge in [0.05, 0.1) is 0 Å². The first kappa shape index (κ1) is 14.3. The van der Waals surface area contributed by atoms with Gasteiger partial charge in [-0.15, -0.1) is 0 Å². The van der Waals surface area contributed by atoms with Crippen molar-refractivity contribution in [1.82, 2.24) is 10.2 Å². The molecule has 1 aliphatic heterocycles. The highest BCUT2D eigenvalue weighted by Gasteiger charge is 2.34. The average Bonchev–Trinajstić information content (AvgIpc) is 2.32. The highest BCUT2D eigenvalue weighted by atomic mass is 19.1. The maximum atomic E-state index is 14.2. The van der Waals surface area contributed by atoms with E-state index in [1.54, 1.807) is 12.1 Å². The number of piperazine rings is 1. The van der Waals surface area contributed by atoms with Crippen molar-refractivity contribution in [2.24, 2.45) is 5.41 Å². The molecule has 0 unspecified atom stereocenters. The van der Waals surface area contributed by atoms with Gasteiger partial charge >= 0.3 is 0 Å². The number of rotatable bonds is 2. The summed E-state index contributed by atoms with van der Waals surface area (Å²) in [5.41, 5.74) is 0.613. The van der Waals surface area contributed by atoms with Gasteiger partial charge in [0.15, 0.2) is 0 Å². The molecule has 1 aliphatic rings. The molecule has 0 aromatic heterocycles. The van der Waals surface area contributed by atoms with Crippen LogP contribution in [0.25, 0.3) is 0 Å². The van der Waals surface area contributed by atoms with Crippen LogP contribution in [0.2, 0.25) is 0 Å². The molecule has 1 fully saturated rings. The van der Waals surface area contributed by atoms with Crippen molar-refractivity contribution in [2.75, 3.05) is 26.2 Å². The maximum Gasteiger partial charge on any atom is 0.131 e. The van der Waals surface area contributed by atoms with E-state index >= 15 is 0 Å². The monoisotopic (exact) mass is 266 g/mol. The molecule has 2 N–H and O–H groups in total. The van der Waals surface area contributed by atoms with Crippen LogP contribution in [0.3, 0.4) is 0 Å². The Balaban J connectivity index is 2.36. The molecule has 1 heterocycles. The first-order valence-corrected chi connectivity index (χ1v) is 6.83. The summed E-state index contributed by atoms with van der Waals surface area (Å²) in [6, 6.07) is 4.51. The lowest BCUT2D eigenvalue weighted by Gasteiger charge is -2.42. The number of nitrogens with one attached hydrogen (secondary N) is 1. The Labute approximate surface area is 114 Å². The third kappa shape index (κ3) is 3.25. The highest BCUT2D eigenvalue weighted by molar-refractivity contribution is 5.31. The Hall–Kier alpha value is -1.13. The van der Waals surface area contributed by atoms with E-state index in [1.807, 2.05) is 0 Å². The second-order valence-corrected chi connectivity index (χ2v) is 6.26. The second-order valence-electron chi connectivity index (χ2n) is 6.26. The van der Waals surface area contributed by atoms with Gasteiger partial charge in [-0.2, -0.15) is 0 Å². The van der Waals surface area contributed by atoms with Crippen LogP contribution in [0.1, 0.15) is 32.4 Å². The van der Waals surface area contributed by atoms with E-state index in [9.17, 15) is 9.50 Å². The number of benzene rings is 1. The van der Waals surface area contributed by atoms with Crippen LogP contribution in [0.15, 0.2) is 18.2 Å². The smallest absolute Gasteiger partial charge is 0.131 e. The first-order valence-electron chi connectivity index (χ1n) is 6.83. The molecular weight excluding hydrogens is 243 g/mol. The summed E-state index contributed by atoms with van der Waals surface area (Å²) in [6.07, 6.45) is 0. The minimum absolute atomic E-state index is 0.0192. The van der Waals surface area contributed by atoms with E-state index in [-0.39, 0.29) is 23.0 Å². The van der Waals surface area contributed by atoms with E-state index in [4.69, 9.17) is 0 Å². The van der Waals surface area contributed by atoms with Crippen LogP contribution in [0.4, 0.5) is 4.39 Å². The zero-order chi connectivity index (χ0) is 14.0. The fourth-order valence-corrected chi connectivity index (χ4v) is 2.89. The first-order chi connectivity index (χ1) is 8.89. The lowest BCUT2D eigenvalue weighted by atomic mass is 9.80. The number of aromatic hydroxyl groups is 1. The van der Waals surface area contributed by atoms with Gasteiger partial charge in [-0.25, -0.2) is 4.39 Å². The van der Waals surface area contributed by atoms with Crippen LogP contribution in [-0.2, 0) is 0 Å². The summed E-state index contributed by atoms with van der Waals surface area (Å²) in [5.74, 6) is -0.340. The predicted molar refractivity (Wildman–Crippen MR) is 74.7 cm³/mol. The zero-order valence-corrected chi connectivity index (χ0v) is 11.9. The van der Waals surface area contributed by atoms with E-state index in [0.29, 0.717) is 5.56 Å². The van der Waals surface area contributed by atoms with Crippen LogP contribution in [0, 0.1) is 11.2 Å². The SMILES string of the molecule is CC(C)(C)[C@@H](c1ccc(O)cc1F)N1CCNCC1. The minimum atomic E-state index is -0.321. The van der Waals surface area contributed by atoms with Gasteiger partial charge in [0, 0.05) is 43.9 Å². The van der Waals surface area contributed by atoms with Crippen molar-refractivity contribution >= 4 is 0 Å². The second kappa shape index (κ2) is 5.47. The minimum Gasteiger partial charge on any atom is -0.508 e. The Morgan fingerprint density at radius 1 is 1.26 bits per heavy atom. The molecule has 1 aromatic carbocycles. The van der Waals surface area contributed by atoms with Gasteiger partial charge in [0.1, 0.15) is 11.6 Å². The van der Waals surface area contributed by atoms with Crippen molar-refractivity contribution < 1.29 is 9.50 Å². The molecule has 3 nitrogen and oxygen atoms in total. The van der Waals surface area contributed by atoms with Gasteiger partial charge in [-0.3, -0.25) is 4.90 Å². The fraction of sp³-hybridized carbons (Fsp3) is 0.600. The number of halogens is 1. The molecule has 0 aliphatic carbocycles. The molecule has 19 heavy (non-hydrogen) atoms. The number of nitrogens with zero attached hydrogens (tertiary/aromatic N) is 1. The van der Waals surface area contributed by atoms with Crippen molar-refractivity contribution in [1.29, 1.82) is 0 Å². The van der Waals surface area contributed by atoms with Crippen LogP contribution in [-0.4, -0.2) is 36.2 Å². The quantitative estimate of drug-likeness (QED) is 0.863. The van der Waals surface area contributed by atoms with Crippen LogP contribution < -0.4 is 5.32 Å². The average molecular weight is 266 g/mol. The van der Waals surface area contributed by atoms with Gasteiger partial charge in [-0.05, 0) is 11.5 Å². The molecule has 1 aromatic rings. The van der Waals surface area contributed by atoms with E-state index < -0.39 is 0 Å². The lowest BCUT2D eigenvalue weighted by Crippen LogP contribution is -2.48. The lowest BCUT2D eigenvalue weighted by molar-refractivity contribution is 0.0834. The van der Waals surface area contributed by atoms with E-state index in [0.717, 1.165) is 26.2 Å². The Morgan fingerprint density at radius 2 is 1.89 bits per heavy atom. The molecule has 4 heteroatoms. The third-order valence-electron chi connectivity index (χ3n) is 3.62. The molecule has 0 bridgehead atoms. The molecule has 0 spiro atoms. The van der Waals surface area contributed by atoms with Crippen molar-refractivity contribution in [3.8, 4) is 5.75 Å². The highest BCUT2D eigenvalue weighted by Crippen LogP contribution is 2.39. The largest absolute Gasteiger partial charge is 0.508 e. The van der Waals surface area contributed by atoms with E-state index in [1.165, 1.54) is 6.07 Å². The molecule has 0 saturated carbocycles. The third-order valence-corrected chi connectivity index (χ3v) is 3.62. The Kier molecular flexibility index (Phi) is 4.11. The topological polar surface area (TPSA) is 35.5 Å². The van der Waals surface area contributed by atoms with Gasteiger partial charge in [0.25, 0.3) is 0 Å². The Bertz CT molecular complexity index is 436. The van der Waals surface area contributed by atoms with Crippen molar-refractivity contribution in [3.05, 3.63) is 29.6 Å². The maximum absolute atomic E-state index is 14.2. The van der Waals surface area contributed by atoms with E-state index in [2.05, 4.69) is 31.0 Å². The zero-order valence-electron chi connectivity index (χ0n) is 11.9. The summed E-state index contributed by atoms with van der Waals surface area (Å²) >= 11 is 0. The summed E-state index contributed by atoms with van der Waals surface area (Å²) in [4.78, 5) is 2.33. The van der Waals surface area contributed by atoms with Crippen molar-refractivity contribution in [2.45, 2.75) is 26.8 Å². The number of phenols is 1. The number of hydrogen-bond donors (Lipinski definition) is 2. The number of hydrogen-bond acceptors (Lipinski definition) is 3. The van der Waals surface area contributed by atoms with Gasteiger partial charge in [-0.1, -0.05) is 26.8 Å². The molecule has 0 amide bonds. The normalized spacial score (nSPS) is 19.4. The molecular formula is C15H23FN2O. The summed E-state index contributed by atoms with van der Waals surface area (Å²) in [6.45, 7) is 10.1. The summed E-state index contributed by atoms with van der Waals surface area (Å²) in [5, 5.41) is 12.7. The number of phenolic OH excluding ortho intramolecular Hbond substituents is 1. The molecule has 1 saturated heterocycles. The van der Waals surface area contributed by atoms with Crippen molar-refractivity contribution in [3.63, 3.8) is 0 Å². The predicted octanol–water partition coefficient (Wildman–Crippen LogP) is 2.52. The Morgan fingerprint density at radius 3 is 2.42 bits per heavy atom.